The summed E-state index contributed by atoms with van der Waals surface area (Å²) in [6, 6.07) is 0. The Morgan fingerprint density at radius 1 is 1.28 bits per heavy atom. The average molecular weight is 254 g/mol. The van der Waals surface area contributed by atoms with Gasteiger partial charge >= 0.3 is 0 Å². The minimum Gasteiger partial charge on any atom is -0.375 e. The van der Waals surface area contributed by atoms with Crippen molar-refractivity contribution in [3.63, 3.8) is 0 Å². The standard InChI is InChI=1S/C15H30N2O/c1-4-13-5-8-17(9-6-13)15(12-16)7-10-18-14(2,3)11-15/h13H,4-12,16H2,1-3H3. The van der Waals surface area contributed by atoms with Crippen molar-refractivity contribution < 1.29 is 4.74 Å². The summed E-state index contributed by atoms with van der Waals surface area (Å²) in [6.45, 7) is 10.8. The normalized spacial score (nSPS) is 34.7. The van der Waals surface area contributed by atoms with Gasteiger partial charge < -0.3 is 10.5 Å². The van der Waals surface area contributed by atoms with E-state index in [4.69, 9.17) is 10.5 Å². The number of nitrogens with zero attached hydrogens (tertiary/aromatic N) is 1. The average Bonchev–Trinajstić information content (AvgIpc) is 2.37. The lowest BCUT2D eigenvalue weighted by molar-refractivity contribution is -0.123. The maximum atomic E-state index is 6.16. The highest BCUT2D eigenvalue weighted by atomic mass is 16.5. The van der Waals surface area contributed by atoms with Crippen LogP contribution in [0.1, 0.15) is 52.9 Å². The van der Waals surface area contributed by atoms with E-state index in [-0.39, 0.29) is 11.1 Å². The molecule has 2 aliphatic heterocycles. The first-order valence-corrected chi connectivity index (χ1v) is 7.60. The largest absolute Gasteiger partial charge is 0.375 e. The van der Waals surface area contributed by atoms with Crippen LogP contribution in [-0.2, 0) is 4.74 Å². The Morgan fingerprint density at radius 3 is 2.44 bits per heavy atom. The van der Waals surface area contributed by atoms with Crippen molar-refractivity contribution in [2.45, 2.75) is 64.0 Å². The molecule has 2 fully saturated rings. The smallest absolute Gasteiger partial charge is 0.0644 e. The van der Waals surface area contributed by atoms with E-state index >= 15 is 0 Å². The van der Waals surface area contributed by atoms with Gasteiger partial charge in [0, 0.05) is 18.7 Å². The van der Waals surface area contributed by atoms with E-state index < -0.39 is 0 Å². The molecule has 2 aliphatic rings. The minimum absolute atomic E-state index is 0.0147. The summed E-state index contributed by atoms with van der Waals surface area (Å²) in [7, 11) is 0. The lowest BCUT2D eigenvalue weighted by Crippen LogP contribution is -2.62. The lowest BCUT2D eigenvalue weighted by Gasteiger charge is -2.52. The third kappa shape index (κ3) is 2.89. The van der Waals surface area contributed by atoms with Gasteiger partial charge in [-0.3, -0.25) is 4.90 Å². The van der Waals surface area contributed by atoms with Crippen LogP contribution in [0.25, 0.3) is 0 Å². The summed E-state index contributed by atoms with van der Waals surface area (Å²) in [5.74, 6) is 0.934. The second kappa shape index (κ2) is 5.48. The van der Waals surface area contributed by atoms with Gasteiger partial charge in [0.1, 0.15) is 0 Å². The van der Waals surface area contributed by atoms with Gasteiger partial charge in [-0.05, 0) is 58.5 Å². The molecule has 0 bridgehead atoms. The minimum atomic E-state index is -0.0147. The van der Waals surface area contributed by atoms with Gasteiger partial charge in [0.2, 0.25) is 0 Å². The van der Waals surface area contributed by atoms with Crippen LogP contribution in [0.4, 0.5) is 0 Å². The molecule has 2 rings (SSSR count). The number of rotatable bonds is 3. The highest BCUT2D eigenvalue weighted by Crippen LogP contribution is 2.38. The zero-order chi connectivity index (χ0) is 13.2. The molecule has 1 atom stereocenters. The second-order valence-corrected chi connectivity index (χ2v) is 6.80. The van der Waals surface area contributed by atoms with Gasteiger partial charge in [-0.2, -0.15) is 0 Å². The molecule has 106 valence electrons. The summed E-state index contributed by atoms with van der Waals surface area (Å²) in [5.41, 5.74) is 6.34. The van der Waals surface area contributed by atoms with Crippen LogP contribution in [0.15, 0.2) is 0 Å². The molecule has 2 heterocycles. The van der Waals surface area contributed by atoms with Gasteiger partial charge in [-0.1, -0.05) is 13.3 Å². The van der Waals surface area contributed by atoms with Gasteiger partial charge in [-0.25, -0.2) is 0 Å². The van der Waals surface area contributed by atoms with E-state index in [1.807, 2.05) is 0 Å². The van der Waals surface area contributed by atoms with E-state index in [9.17, 15) is 0 Å². The van der Waals surface area contributed by atoms with Gasteiger partial charge in [0.15, 0.2) is 0 Å². The number of ether oxygens (including phenoxy) is 1. The zero-order valence-corrected chi connectivity index (χ0v) is 12.4. The van der Waals surface area contributed by atoms with Crippen LogP contribution in [0.5, 0.6) is 0 Å². The van der Waals surface area contributed by atoms with Crippen molar-refractivity contribution >= 4 is 0 Å². The number of piperidine rings is 1. The predicted octanol–water partition coefficient (Wildman–Crippen LogP) is 2.39. The second-order valence-electron chi connectivity index (χ2n) is 6.80. The predicted molar refractivity (Wildman–Crippen MR) is 75.6 cm³/mol. The molecular weight excluding hydrogens is 224 g/mol. The molecule has 3 heteroatoms. The molecule has 0 radical (unpaired) electrons. The van der Waals surface area contributed by atoms with Crippen LogP contribution < -0.4 is 5.73 Å². The summed E-state index contributed by atoms with van der Waals surface area (Å²) >= 11 is 0. The first-order valence-electron chi connectivity index (χ1n) is 7.60. The Kier molecular flexibility index (Phi) is 4.35. The van der Waals surface area contributed by atoms with Crippen LogP contribution in [0, 0.1) is 5.92 Å². The van der Waals surface area contributed by atoms with Gasteiger partial charge in [0.05, 0.1) is 5.60 Å². The molecule has 18 heavy (non-hydrogen) atoms. The Balaban J connectivity index is 2.04. The molecule has 1 unspecified atom stereocenters. The van der Waals surface area contributed by atoms with Crippen molar-refractivity contribution in [1.82, 2.24) is 4.90 Å². The van der Waals surface area contributed by atoms with E-state index in [1.165, 1.54) is 32.4 Å². The van der Waals surface area contributed by atoms with E-state index in [0.717, 1.165) is 31.9 Å². The quantitative estimate of drug-likeness (QED) is 0.840. The number of likely N-dealkylation sites (tertiary alicyclic amines) is 1. The van der Waals surface area contributed by atoms with E-state index in [1.54, 1.807) is 0 Å². The Bertz CT molecular complexity index is 272. The summed E-state index contributed by atoms with van der Waals surface area (Å²) in [6.07, 6.45) is 6.20. The first-order chi connectivity index (χ1) is 8.51. The monoisotopic (exact) mass is 254 g/mol. The topological polar surface area (TPSA) is 38.5 Å². The molecule has 0 aromatic rings. The Morgan fingerprint density at radius 2 is 1.94 bits per heavy atom. The number of nitrogens with two attached hydrogens (primary N) is 1. The van der Waals surface area contributed by atoms with Crippen LogP contribution >= 0.6 is 0 Å². The molecule has 3 nitrogen and oxygen atoms in total. The molecular formula is C15H30N2O. The fourth-order valence-electron chi connectivity index (χ4n) is 3.84. The number of hydrogen-bond acceptors (Lipinski definition) is 3. The van der Waals surface area contributed by atoms with Crippen LogP contribution in [0.3, 0.4) is 0 Å². The molecule has 0 aromatic heterocycles. The molecule has 0 saturated carbocycles. The van der Waals surface area contributed by atoms with Crippen molar-refractivity contribution in [3.05, 3.63) is 0 Å². The van der Waals surface area contributed by atoms with Crippen molar-refractivity contribution in [2.75, 3.05) is 26.2 Å². The van der Waals surface area contributed by atoms with Gasteiger partial charge in [0.25, 0.3) is 0 Å². The summed E-state index contributed by atoms with van der Waals surface area (Å²) < 4.78 is 5.87. The molecule has 0 aromatic carbocycles. The Hall–Kier alpha value is -0.120. The fraction of sp³-hybridized carbons (Fsp3) is 1.00. The summed E-state index contributed by atoms with van der Waals surface area (Å²) in [4.78, 5) is 2.67. The third-order valence-electron chi connectivity index (χ3n) is 5.06. The Labute approximate surface area is 112 Å². The van der Waals surface area contributed by atoms with Crippen LogP contribution in [0.2, 0.25) is 0 Å². The van der Waals surface area contributed by atoms with Crippen molar-refractivity contribution in [2.24, 2.45) is 11.7 Å². The lowest BCUT2D eigenvalue weighted by atomic mass is 9.78. The highest BCUT2D eigenvalue weighted by molar-refractivity contribution is 5.00. The van der Waals surface area contributed by atoms with E-state index in [0.29, 0.717) is 0 Å². The molecule has 0 amide bonds. The molecule has 0 spiro atoms. The maximum Gasteiger partial charge on any atom is 0.0644 e. The molecule has 0 aliphatic carbocycles. The summed E-state index contributed by atoms with van der Waals surface area (Å²) in [5, 5.41) is 0. The SMILES string of the molecule is CCC1CCN(C2(CN)CCOC(C)(C)C2)CC1. The van der Waals surface area contributed by atoms with Crippen molar-refractivity contribution in [1.29, 1.82) is 0 Å². The molecule has 2 N–H and O–H groups in total. The zero-order valence-electron chi connectivity index (χ0n) is 12.4. The third-order valence-corrected chi connectivity index (χ3v) is 5.06. The van der Waals surface area contributed by atoms with Crippen LogP contribution in [-0.4, -0.2) is 42.3 Å². The highest BCUT2D eigenvalue weighted by Gasteiger charge is 2.44. The van der Waals surface area contributed by atoms with E-state index in [2.05, 4.69) is 25.7 Å². The van der Waals surface area contributed by atoms with Crippen molar-refractivity contribution in [3.8, 4) is 0 Å². The van der Waals surface area contributed by atoms with Gasteiger partial charge in [-0.15, -0.1) is 0 Å². The maximum absolute atomic E-state index is 6.16. The fourth-order valence-corrected chi connectivity index (χ4v) is 3.84. The first kappa shape index (κ1) is 14.3. The number of hydrogen-bond donors (Lipinski definition) is 1. The molecule has 2 saturated heterocycles.